The highest BCUT2D eigenvalue weighted by atomic mass is 32.2. The molecule has 21 heavy (non-hydrogen) atoms. The summed E-state index contributed by atoms with van der Waals surface area (Å²) < 4.78 is 28.4. The van der Waals surface area contributed by atoms with Crippen LogP contribution in [-0.4, -0.2) is 46.2 Å². The van der Waals surface area contributed by atoms with Gasteiger partial charge in [0.05, 0.1) is 11.4 Å². The van der Waals surface area contributed by atoms with Gasteiger partial charge in [-0.15, -0.1) is 0 Å². The summed E-state index contributed by atoms with van der Waals surface area (Å²) in [4.78, 5) is 11.0. The van der Waals surface area contributed by atoms with E-state index in [0.29, 0.717) is 23.9 Å². The number of aryl methyl sites for hydroxylation is 1. The third-order valence-corrected chi connectivity index (χ3v) is 6.13. The van der Waals surface area contributed by atoms with E-state index in [4.69, 9.17) is 5.11 Å². The molecule has 1 aliphatic heterocycles. The normalized spacial score (nSPS) is 23.6. The number of aliphatic carboxylic acids is 1. The summed E-state index contributed by atoms with van der Waals surface area (Å²) in [6.07, 6.45) is 0.834. The quantitative estimate of drug-likeness (QED) is 0.895. The highest BCUT2D eigenvalue weighted by molar-refractivity contribution is 7.89. The number of hydrogen-bond acceptors (Lipinski definition) is 4. The SMILES string of the molecule is Cc1nn(CC(=O)O)c(C)c1S(=O)(=O)N1CC(C)CC1C. The Hall–Kier alpha value is -1.41. The molecule has 0 bridgehead atoms. The molecule has 0 amide bonds. The smallest absolute Gasteiger partial charge is 0.325 e. The third kappa shape index (κ3) is 2.82. The van der Waals surface area contributed by atoms with Crippen LogP contribution < -0.4 is 0 Å². The third-order valence-electron chi connectivity index (χ3n) is 3.89. The molecule has 0 radical (unpaired) electrons. The number of aromatic nitrogens is 2. The minimum absolute atomic E-state index is 0.0494. The minimum atomic E-state index is -3.64. The molecule has 8 heteroatoms. The minimum Gasteiger partial charge on any atom is -0.480 e. The van der Waals surface area contributed by atoms with Crippen LogP contribution in [0.2, 0.25) is 0 Å². The molecule has 1 aliphatic rings. The number of sulfonamides is 1. The van der Waals surface area contributed by atoms with Crippen LogP contribution >= 0.6 is 0 Å². The van der Waals surface area contributed by atoms with Crippen molar-refractivity contribution in [1.82, 2.24) is 14.1 Å². The number of hydrogen-bond donors (Lipinski definition) is 1. The lowest BCUT2D eigenvalue weighted by atomic mass is 10.1. The van der Waals surface area contributed by atoms with Crippen LogP contribution in [-0.2, 0) is 21.4 Å². The highest BCUT2D eigenvalue weighted by Gasteiger charge is 2.39. The fourth-order valence-electron chi connectivity index (χ4n) is 3.05. The molecule has 0 spiro atoms. The summed E-state index contributed by atoms with van der Waals surface area (Å²) in [5, 5.41) is 12.9. The van der Waals surface area contributed by atoms with Gasteiger partial charge in [-0.25, -0.2) is 8.42 Å². The first-order chi connectivity index (χ1) is 9.64. The zero-order valence-electron chi connectivity index (χ0n) is 12.7. The lowest BCUT2D eigenvalue weighted by Gasteiger charge is -2.21. The Kier molecular flexibility index (Phi) is 4.12. The largest absolute Gasteiger partial charge is 0.480 e. The summed E-state index contributed by atoms with van der Waals surface area (Å²) in [6.45, 7) is 7.27. The molecule has 2 rings (SSSR count). The van der Waals surface area contributed by atoms with E-state index >= 15 is 0 Å². The number of carbonyl (C=O) groups is 1. The first-order valence-electron chi connectivity index (χ1n) is 6.92. The molecule has 1 N–H and O–H groups in total. The Morgan fingerprint density at radius 3 is 2.48 bits per heavy atom. The molecule has 0 aliphatic carbocycles. The standard InChI is InChI=1S/C13H21N3O4S/c1-8-5-9(2)16(6-8)21(19,20)13-10(3)14-15(11(13)4)7-12(17)18/h8-9H,5-7H2,1-4H3,(H,17,18). The van der Waals surface area contributed by atoms with Crippen molar-refractivity contribution in [2.24, 2.45) is 5.92 Å². The lowest BCUT2D eigenvalue weighted by Crippen LogP contribution is -2.34. The first-order valence-corrected chi connectivity index (χ1v) is 8.36. The summed E-state index contributed by atoms with van der Waals surface area (Å²) in [7, 11) is -3.64. The van der Waals surface area contributed by atoms with E-state index in [2.05, 4.69) is 5.10 Å². The number of carboxylic acids is 1. The molecular formula is C13H21N3O4S. The van der Waals surface area contributed by atoms with E-state index in [1.54, 1.807) is 13.8 Å². The molecule has 2 unspecified atom stereocenters. The van der Waals surface area contributed by atoms with E-state index in [1.165, 1.54) is 8.99 Å². The maximum Gasteiger partial charge on any atom is 0.325 e. The van der Waals surface area contributed by atoms with Crippen LogP contribution in [0.5, 0.6) is 0 Å². The zero-order valence-corrected chi connectivity index (χ0v) is 13.5. The summed E-state index contributed by atoms with van der Waals surface area (Å²) >= 11 is 0. The van der Waals surface area contributed by atoms with Gasteiger partial charge in [-0.2, -0.15) is 9.40 Å². The topological polar surface area (TPSA) is 92.5 Å². The van der Waals surface area contributed by atoms with Crippen molar-refractivity contribution in [3.05, 3.63) is 11.4 Å². The predicted molar refractivity (Wildman–Crippen MR) is 76.5 cm³/mol. The maximum atomic E-state index is 12.9. The van der Waals surface area contributed by atoms with Gasteiger partial charge in [0.1, 0.15) is 11.4 Å². The van der Waals surface area contributed by atoms with Gasteiger partial charge in [-0.1, -0.05) is 6.92 Å². The van der Waals surface area contributed by atoms with E-state index in [-0.39, 0.29) is 17.5 Å². The van der Waals surface area contributed by atoms with Crippen molar-refractivity contribution in [1.29, 1.82) is 0 Å². The molecule has 0 saturated carbocycles. The van der Waals surface area contributed by atoms with Crippen molar-refractivity contribution in [3.63, 3.8) is 0 Å². The monoisotopic (exact) mass is 315 g/mol. The van der Waals surface area contributed by atoms with E-state index in [0.717, 1.165) is 6.42 Å². The summed E-state index contributed by atoms with van der Waals surface area (Å²) in [5.41, 5.74) is 0.724. The lowest BCUT2D eigenvalue weighted by molar-refractivity contribution is -0.137. The van der Waals surface area contributed by atoms with Crippen molar-refractivity contribution in [2.75, 3.05) is 6.54 Å². The Balaban J connectivity index is 2.46. The van der Waals surface area contributed by atoms with Gasteiger partial charge in [0.2, 0.25) is 10.0 Å². The second kappa shape index (κ2) is 5.42. The predicted octanol–water partition coefficient (Wildman–Crippen LogP) is 1.00. The fraction of sp³-hybridized carbons (Fsp3) is 0.692. The van der Waals surface area contributed by atoms with E-state index < -0.39 is 16.0 Å². The second-order valence-electron chi connectivity index (χ2n) is 5.82. The first kappa shape index (κ1) is 16.0. The molecule has 7 nitrogen and oxygen atoms in total. The summed E-state index contributed by atoms with van der Waals surface area (Å²) in [5.74, 6) is -0.725. The van der Waals surface area contributed by atoms with Crippen molar-refractivity contribution >= 4 is 16.0 Å². The Bertz CT molecular complexity index is 665. The Labute approximate surface area is 124 Å². The van der Waals surface area contributed by atoms with Crippen LogP contribution in [0.4, 0.5) is 0 Å². The van der Waals surface area contributed by atoms with Gasteiger partial charge in [0.15, 0.2) is 0 Å². The van der Waals surface area contributed by atoms with Gasteiger partial charge in [0.25, 0.3) is 0 Å². The Morgan fingerprint density at radius 1 is 1.38 bits per heavy atom. The maximum absolute atomic E-state index is 12.9. The van der Waals surface area contributed by atoms with Gasteiger partial charge in [-0.05, 0) is 33.1 Å². The molecule has 1 aromatic heterocycles. The van der Waals surface area contributed by atoms with Crippen molar-refractivity contribution < 1.29 is 18.3 Å². The van der Waals surface area contributed by atoms with Gasteiger partial charge >= 0.3 is 5.97 Å². The average Bonchev–Trinajstić information content (AvgIpc) is 2.79. The second-order valence-corrected chi connectivity index (χ2v) is 7.64. The van der Waals surface area contributed by atoms with Crippen LogP contribution in [0.25, 0.3) is 0 Å². The number of carboxylic acid groups (broad SMARTS) is 1. The van der Waals surface area contributed by atoms with Crippen LogP contribution in [0.3, 0.4) is 0 Å². The molecule has 2 heterocycles. The molecule has 0 aromatic carbocycles. The molecule has 118 valence electrons. The van der Waals surface area contributed by atoms with Gasteiger partial charge < -0.3 is 5.11 Å². The van der Waals surface area contributed by atoms with Gasteiger partial charge in [-0.3, -0.25) is 9.48 Å². The molecular weight excluding hydrogens is 294 g/mol. The number of rotatable bonds is 4. The molecule has 2 atom stereocenters. The average molecular weight is 315 g/mol. The number of nitrogens with zero attached hydrogens (tertiary/aromatic N) is 3. The van der Waals surface area contributed by atoms with E-state index in [1.807, 2.05) is 13.8 Å². The molecule has 1 aromatic rings. The van der Waals surface area contributed by atoms with E-state index in [9.17, 15) is 13.2 Å². The van der Waals surface area contributed by atoms with Crippen LogP contribution in [0.15, 0.2) is 4.90 Å². The highest BCUT2D eigenvalue weighted by Crippen LogP contribution is 2.31. The van der Waals surface area contributed by atoms with Crippen LogP contribution in [0, 0.1) is 19.8 Å². The summed E-state index contributed by atoms with van der Waals surface area (Å²) in [6, 6.07) is -0.0494. The molecule has 1 fully saturated rings. The Morgan fingerprint density at radius 2 is 2.00 bits per heavy atom. The van der Waals surface area contributed by atoms with Crippen molar-refractivity contribution in [3.8, 4) is 0 Å². The fourth-order valence-corrected chi connectivity index (χ4v) is 5.19. The molecule has 1 saturated heterocycles. The van der Waals surface area contributed by atoms with Crippen molar-refractivity contribution in [2.45, 2.75) is 51.6 Å². The zero-order chi connectivity index (χ0) is 15.9. The van der Waals surface area contributed by atoms with Gasteiger partial charge in [0, 0.05) is 12.6 Å². The van der Waals surface area contributed by atoms with Crippen LogP contribution in [0.1, 0.15) is 31.7 Å².